The number of para-hydroxylation sites is 2. The van der Waals surface area contributed by atoms with Crippen molar-refractivity contribution in [2.75, 3.05) is 25.9 Å². The molecule has 6 heteroatoms. The van der Waals surface area contributed by atoms with Gasteiger partial charge in [0.2, 0.25) is 0 Å². The first-order valence-corrected chi connectivity index (χ1v) is 5.99. The molecule has 1 amide bonds. The third-order valence-electron chi connectivity index (χ3n) is 2.92. The molecule has 0 bridgehead atoms. The van der Waals surface area contributed by atoms with Crippen LogP contribution in [0.5, 0.6) is 5.75 Å². The molecule has 1 atom stereocenters. The van der Waals surface area contributed by atoms with E-state index in [-0.39, 0.29) is 12.5 Å². The van der Waals surface area contributed by atoms with Crippen molar-refractivity contribution >= 4 is 17.6 Å². The highest BCUT2D eigenvalue weighted by Crippen LogP contribution is 2.20. The number of carbonyl (C=O) groups excluding carboxylic acids is 2. The fourth-order valence-corrected chi connectivity index (χ4v) is 1.84. The molecule has 19 heavy (non-hydrogen) atoms. The van der Waals surface area contributed by atoms with Gasteiger partial charge in [-0.25, -0.2) is 4.79 Å². The van der Waals surface area contributed by atoms with Gasteiger partial charge in [0.25, 0.3) is 5.91 Å². The molecule has 0 aromatic heterocycles. The number of ether oxygens (including phenoxy) is 2. The molecule has 1 saturated heterocycles. The zero-order valence-electron chi connectivity index (χ0n) is 10.7. The molecule has 102 valence electrons. The molecule has 0 aliphatic carbocycles. The topological polar surface area (TPSA) is 81.9 Å². The number of nitrogens with two attached hydrogens (primary N) is 1. The Labute approximate surface area is 111 Å². The summed E-state index contributed by atoms with van der Waals surface area (Å²) in [6.45, 7) is 0.338. The van der Waals surface area contributed by atoms with Crippen LogP contribution in [0.25, 0.3) is 0 Å². The van der Waals surface area contributed by atoms with Crippen molar-refractivity contribution in [3.05, 3.63) is 24.3 Å². The quantitative estimate of drug-likeness (QED) is 0.629. The first kappa shape index (κ1) is 13.2. The van der Waals surface area contributed by atoms with Gasteiger partial charge in [0.1, 0.15) is 5.75 Å². The van der Waals surface area contributed by atoms with Gasteiger partial charge >= 0.3 is 5.97 Å². The lowest BCUT2D eigenvalue weighted by Gasteiger charge is -2.12. The van der Waals surface area contributed by atoms with Crippen molar-refractivity contribution in [1.29, 1.82) is 0 Å². The molecule has 2 rings (SSSR count). The van der Waals surface area contributed by atoms with E-state index in [0.29, 0.717) is 24.4 Å². The standard InChI is InChI=1S/C13H16N2O4/c1-15-7-6-11(13(15)17)19-12(16)8-18-10-5-3-2-4-9(10)14/h2-5,11H,6-8,14H2,1H3. The Morgan fingerprint density at radius 1 is 1.47 bits per heavy atom. The molecule has 0 radical (unpaired) electrons. The van der Waals surface area contributed by atoms with E-state index in [1.54, 1.807) is 31.3 Å². The van der Waals surface area contributed by atoms with Crippen LogP contribution in [-0.2, 0) is 14.3 Å². The monoisotopic (exact) mass is 264 g/mol. The molecule has 1 heterocycles. The molecular weight excluding hydrogens is 248 g/mol. The van der Waals surface area contributed by atoms with Crippen molar-refractivity contribution in [2.45, 2.75) is 12.5 Å². The van der Waals surface area contributed by atoms with Gasteiger partial charge in [-0.3, -0.25) is 4.79 Å². The molecule has 0 spiro atoms. The van der Waals surface area contributed by atoms with Crippen LogP contribution in [0.15, 0.2) is 24.3 Å². The van der Waals surface area contributed by atoms with E-state index in [1.165, 1.54) is 4.90 Å². The molecule has 6 nitrogen and oxygen atoms in total. The number of likely N-dealkylation sites (N-methyl/N-ethyl adjacent to an activating group) is 1. The Bertz CT molecular complexity index is 489. The maximum atomic E-state index is 11.6. The number of amides is 1. The third kappa shape index (κ3) is 3.15. The van der Waals surface area contributed by atoms with Crippen molar-refractivity contribution in [1.82, 2.24) is 4.90 Å². The van der Waals surface area contributed by atoms with E-state index < -0.39 is 12.1 Å². The number of hydrogen-bond acceptors (Lipinski definition) is 5. The summed E-state index contributed by atoms with van der Waals surface area (Å²) in [4.78, 5) is 24.7. The maximum absolute atomic E-state index is 11.6. The average Bonchev–Trinajstić information content (AvgIpc) is 2.70. The van der Waals surface area contributed by atoms with E-state index in [4.69, 9.17) is 15.2 Å². The van der Waals surface area contributed by atoms with Gasteiger partial charge in [0, 0.05) is 20.0 Å². The lowest BCUT2D eigenvalue weighted by atomic mass is 10.3. The normalized spacial score (nSPS) is 18.5. The van der Waals surface area contributed by atoms with Gasteiger partial charge in [0.05, 0.1) is 5.69 Å². The molecule has 1 aliphatic rings. The summed E-state index contributed by atoms with van der Waals surface area (Å²) in [6, 6.07) is 6.87. The second-order valence-electron chi connectivity index (χ2n) is 4.35. The SMILES string of the molecule is CN1CCC(OC(=O)COc2ccccc2N)C1=O. The van der Waals surface area contributed by atoms with Crippen molar-refractivity contribution in [2.24, 2.45) is 0 Å². The zero-order chi connectivity index (χ0) is 13.8. The predicted octanol–water partition coefficient (Wildman–Crippen LogP) is 0.421. The van der Waals surface area contributed by atoms with Crippen molar-refractivity contribution in [3.63, 3.8) is 0 Å². The van der Waals surface area contributed by atoms with Gasteiger partial charge in [0.15, 0.2) is 12.7 Å². The van der Waals surface area contributed by atoms with Crippen LogP contribution in [0.2, 0.25) is 0 Å². The Balaban J connectivity index is 1.82. The number of hydrogen-bond donors (Lipinski definition) is 1. The highest BCUT2D eigenvalue weighted by atomic mass is 16.6. The van der Waals surface area contributed by atoms with E-state index in [1.807, 2.05) is 0 Å². The molecule has 2 N–H and O–H groups in total. The Kier molecular flexibility index (Phi) is 3.89. The summed E-state index contributed by atoms with van der Waals surface area (Å²) < 4.78 is 10.3. The summed E-state index contributed by atoms with van der Waals surface area (Å²) in [5.41, 5.74) is 6.12. The second-order valence-corrected chi connectivity index (χ2v) is 4.35. The van der Waals surface area contributed by atoms with Crippen LogP contribution in [0, 0.1) is 0 Å². The number of nitrogens with zero attached hydrogens (tertiary/aromatic N) is 1. The summed E-state index contributed by atoms with van der Waals surface area (Å²) in [5, 5.41) is 0. The van der Waals surface area contributed by atoms with Gasteiger partial charge < -0.3 is 20.1 Å². The van der Waals surface area contributed by atoms with Crippen molar-refractivity contribution in [3.8, 4) is 5.75 Å². The maximum Gasteiger partial charge on any atom is 0.344 e. The van der Waals surface area contributed by atoms with Crippen LogP contribution in [0.1, 0.15) is 6.42 Å². The van der Waals surface area contributed by atoms with Gasteiger partial charge in [-0.2, -0.15) is 0 Å². The minimum atomic E-state index is -0.686. The molecule has 1 fully saturated rings. The minimum absolute atomic E-state index is 0.174. The second kappa shape index (κ2) is 5.60. The van der Waals surface area contributed by atoms with Gasteiger partial charge in [-0.05, 0) is 12.1 Å². The molecule has 1 aromatic rings. The van der Waals surface area contributed by atoms with E-state index >= 15 is 0 Å². The van der Waals surface area contributed by atoms with Crippen LogP contribution >= 0.6 is 0 Å². The molecule has 1 aliphatic heterocycles. The molecular formula is C13H16N2O4. The van der Waals surface area contributed by atoms with E-state index in [9.17, 15) is 9.59 Å². The van der Waals surface area contributed by atoms with E-state index in [0.717, 1.165) is 0 Å². The Hall–Kier alpha value is -2.24. The third-order valence-corrected chi connectivity index (χ3v) is 2.92. The van der Waals surface area contributed by atoms with Gasteiger partial charge in [-0.15, -0.1) is 0 Å². The predicted molar refractivity (Wildman–Crippen MR) is 68.5 cm³/mol. The first-order valence-electron chi connectivity index (χ1n) is 5.99. The van der Waals surface area contributed by atoms with Crippen LogP contribution in [0.3, 0.4) is 0 Å². The summed E-state index contributed by atoms with van der Waals surface area (Å²) >= 11 is 0. The minimum Gasteiger partial charge on any atom is -0.480 e. The van der Waals surface area contributed by atoms with Crippen LogP contribution in [0.4, 0.5) is 5.69 Å². The summed E-state index contributed by atoms with van der Waals surface area (Å²) in [5.74, 6) is -0.321. The number of nitrogen functional groups attached to an aromatic ring is 1. The smallest absolute Gasteiger partial charge is 0.344 e. The summed E-state index contributed by atoms with van der Waals surface area (Å²) in [6.07, 6.45) is -0.164. The Morgan fingerprint density at radius 3 is 2.84 bits per heavy atom. The van der Waals surface area contributed by atoms with Gasteiger partial charge in [-0.1, -0.05) is 12.1 Å². The molecule has 1 unspecified atom stereocenters. The number of esters is 1. The molecule has 1 aromatic carbocycles. The first-order chi connectivity index (χ1) is 9.08. The van der Waals surface area contributed by atoms with Crippen molar-refractivity contribution < 1.29 is 19.1 Å². The number of carbonyl (C=O) groups is 2. The number of likely N-dealkylation sites (tertiary alicyclic amines) is 1. The fraction of sp³-hybridized carbons (Fsp3) is 0.385. The highest BCUT2D eigenvalue weighted by Gasteiger charge is 2.32. The highest BCUT2D eigenvalue weighted by molar-refractivity contribution is 5.85. The number of rotatable bonds is 4. The van der Waals surface area contributed by atoms with Crippen LogP contribution in [-0.4, -0.2) is 43.1 Å². The zero-order valence-corrected chi connectivity index (χ0v) is 10.7. The largest absolute Gasteiger partial charge is 0.480 e. The molecule has 0 saturated carbocycles. The fourth-order valence-electron chi connectivity index (χ4n) is 1.84. The lowest BCUT2D eigenvalue weighted by molar-refractivity contribution is -0.157. The lowest BCUT2D eigenvalue weighted by Crippen LogP contribution is -2.30. The van der Waals surface area contributed by atoms with Crippen LogP contribution < -0.4 is 10.5 Å². The summed E-state index contributed by atoms with van der Waals surface area (Å²) in [7, 11) is 1.68. The van der Waals surface area contributed by atoms with E-state index in [2.05, 4.69) is 0 Å². The average molecular weight is 264 g/mol. The number of benzene rings is 1. The Morgan fingerprint density at radius 2 is 2.21 bits per heavy atom. The number of anilines is 1.